The average Bonchev–Trinajstić information content (AvgIpc) is 2.43. The molecule has 1 fully saturated rings. The molecule has 3 unspecified atom stereocenters. The lowest BCUT2D eigenvalue weighted by molar-refractivity contribution is -0.131. The first-order chi connectivity index (χ1) is 9.28. The molecule has 1 aliphatic rings. The van der Waals surface area contributed by atoms with E-state index < -0.39 is 0 Å². The molecule has 1 N–H and O–H groups in total. The topological polar surface area (TPSA) is 52.6 Å². The van der Waals surface area contributed by atoms with Gasteiger partial charge in [0.05, 0.1) is 19.3 Å². The molecule has 0 saturated heterocycles. The molecule has 0 aliphatic heterocycles. The van der Waals surface area contributed by atoms with E-state index in [0.717, 1.165) is 25.1 Å². The Hall–Kier alpha value is -1.17. The molecule has 1 aromatic heterocycles. The zero-order valence-electron chi connectivity index (χ0n) is 11.8. The number of hydrogen-bond donors (Lipinski definition) is 1. The van der Waals surface area contributed by atoms with Crippen LogP contribution in [-0.4, -0.2) is 44.1 Å². The molecule has 0 aromatic carbocycles. The fraction of sp³-hybridized carbons (Fsp3) is 0.643. The molecule has 0 radical (unpaired) electrons. The second-order valence-corrected chi connectivity index (χ2v) is 4.63. The van der Waals surface area contributed by atoms with Crippen LogP contribution in [0.5, 0.6) is 5.88 Å². The minimum Gasteiger partial charge on any atom is -0.481 e. The van der Waals surface area contributed by atoms with Gasteiger partial charge in [-0.2, -0.15) is 0 Å². The molecule has 1 aliphatic carbocycles. The molecular weight excluding hydrogens is 244 g/mol. The van der Waals surface area contributed by atoms with Gasteiger partial charge in [0.25, 0.3) is 0 Å². The fourth-order valence-electron chi connectivity index (χ4n) is 2.36. The van der Waals surface area contributed by atoms with E-state index in [2.05, 4.69) is 10.3 Å². The third-order valence-electron chi connectivity index (χ3n) is 3.48. The van der Waals surface area contributed by atoms with E-state index in [9.17, 15) is 0 Å². The van der Waals surface area contributed by atoms with E-state index in [1.165, 1.54) is 0 Å². The summed E-state index contributed by atoms with van der Waals surface area (Å²) in [6.07, 6.45) is 3.19. The largest absolute Gasteiger partial charge is 0.481 e. The minimum atomic E-state index is 0.145. The lowest BCUT2D eigenvalue weighted by Crippen LogP contribution is -2.59. The van der Waals surface area contributed by atoms with Crippen molar-refractivity contribution >= 4 is 0 Å². The van der Waals surface area contributed by atoms with Gasteiger partial charge >= 0.3 is 0 Å². The second kappa shape index (κ2) is 6.84. The Morgan fingerprint density at radius 2 is 2.21 bits per heavy atom. The van der Waals surface area contributed by atoms with Crippen molar-refractivity contribution in [3.63, 3.8) is 0 Å². The first-order valence-corrected chi connectivity index (χ1v) is 6.65. The van der Waals surface area contributed by atoms with Crippen molar-refractivity contribution in [3.05, 3.63) is 23.9 Å². The average molecular weight is 266 g/mol. The summed E-state index contributed by atoms with van der Waals surface area (Å²) in [6, 6.07) is 4.23. The summed E-state index contributed by atoms with van der Waals surface area (Å²) < 4.78 is 16.1. The van der Waals surface area contributed by atoms with Gasteiger partial charge in [0.2, 0.25) is 5.88 Å². The molecule has 0 spiro atoms. The summed E-state index contributed by atoms with van der Waals surface area (Å²) >= 11 is 0. The number of nitrogens with zero attached hydrogens (tertiary/aromatic N) is 1. The maximum absolute atomic E-state index is 5.60. The van der Waals surface area contributed by atoms with Crippen molar-refractivity contribution in [2.24, 2.45) is 0 Å². The van der Waals surface area contributed by atoms with Gasteiger partial charge in [-0.3, -0.25) is 0 Å². The van der Waals surface area contributed by atoms with Crippen LogP contribution in [0.25, 0.3) is 0 Å². The first kappa shape index (κ1) is 14.2. The number of hydrogen-bond acceptors (Lipinski definition) is 5. The summed E-state index contributed by atoms with van der Waals surface area (Å²) in [6.45, 7) is 3.52. The lowest BCUT2D eigenvalue weighted by atomic mass is 9.85. The van der Waals surface area contributed by atoms with Crippen LogP contribution in [0.3, 0.4) is 0 Å². The van der Waals surface area contributed by atoms with Crippen molar-refractivity contribution in [1.82, 2.24) is 10.3 Å². The maximum atomic E-state index is 5.60. The summed E-state index contributed by atoms with van der Waals surface area (Å²) in [4.78, 5) is 4.18. The van der Waals surface area contributed by atoms with Crippen LogP contribution in [0.2, 0.25) is 0 Å². The molecule has 3 atom stereocenters. The predicted octanol–water partition coefficient (Wildman–Crippen LogP) is 1.37. The third-order valence-corrected chi connectivity index (χ3v) is 3.48. The zero-order valence-corrected chi connectivity index (χ0v) is 11.8. The molecule has 5 heteroatoms. The first-order valence-electron chi connectivity index (χ1n) is 6.65. The van der Waals surface area contributed by atoms with Gasteiger partial charge in [-0.15, -0.1) is 0 Å². The van der Waals surface area contributed by atoms with Crippen LogP contribution in [0.1, 0.15) is 18.9 Å². The third kappa shape index (κ3) is 3.43. The Kier molecular flexibility index (Phi) is 5.13. The number of methoxy groups -OCH3 is 2. The van der Waals surface area contributed by atoms with Crippen molar-refractivity contribution in [1.29, 1.82) is 0 Å². The van der Waals surface area contributed by atoms with Crippen molar-refractivity contribution in [2.75, 3.05) is 20.8 Å². The molecule has 5 nitrogen and oxygen atoms in total. The van der Waals surface area contributed by atoms with Crippen LogP contribution < -0.4 is 10.1 Å². The molecule has 1 aromatic rings. The smallest absolute Gasteiger partial charge is 0.212 e. The van der Waals surface area contributed by atoms with Gasteiger partial charge in [0.1, 0.15) is 0 Å². The number of nitrogens with one attached hydrogen (secondary N) is 1. The van der Waals surface area contributed by atoms with E-state index >= 15 is 0 Å². The Morgan fingerprint density at radius 3 is 2.79 bits per heavy atom. The van der Waals surface area contributed by atoms with Crippen LogP contribution >= 0.6 is 0 Å². The molecule has 19 heavy (non-hydrogen) atoms. The van der Waals surface area contributed by atoms with Gasteiger partial charge in [0.15, 0.2) is 0 Å². The fourth-order valence-corrected chi connectivity index (χ4v) is 2.36. The number of rotatable bonds is 7. The maximum Gasteiger partial charge on any atom is 0.212 e. The summed E-state index contributed by atoms with van der Waals surface area (Å²) in [5, 5.41) is 3.48. The van der Waals surface area contributed by atoms with Crippen LogP contribution in [0.15, 0.2) is 18.3 Å². The predicted molar refractivity (Wildman–Crippen MR) is 72.2 cm³/mol. The summed E-state index contributed by atoms with van der Waals surface area (Å²) in [5.74, 6) is 0.638. The van der Waals surface area contributed by atoms with E-state index in [-0.39, 0.29) is 12.2 Å². The highest BCUT2D eigenvalue weighted by atomic mass is 16.5. The quantitative estimate of drug-likeness (QED) is 0.808. The van der Waals surface area contributed by atoms with Crippen LogP contribution in [-0.2, 0) is 16.0 Å². The van der Waals surface area contributed by atoms with Gasteiger partial charge < -0.3 is 19.5 Å². The minimum absolute atomic E-state index is 0.145. The normalized spacial score (nSPS) is 25.9. The highest BCUT2D eigenvalue weighted by molar-refractivity contribution is 5.17. The Morgan fingerprint density at radius 1 is 1.37 bits per heavy atom. The van der Waals surface area contributed by atoms with E-state index in [4.69, 9.17) is 14.2 Å². The number of ether oxygens (including phenoxy) is 3. The molecule has 1 heterocycles. The van der Waals surface area contributed by atoms with Gasteiger partial charge in [-0.25, -0.2) is 4.98 Å². The number of pyridine rings is 1. The SMILES string of the molecule is CCOC1CC(NCc2ccc(OC)nc2)C1OC. The van der Waals surface area contributed by atoms with Gasteiger partial charge in [0, 0.05) is 38.6 Å². The monoisotopic (exact) mass is 266 g/mol. The van der Waals surface area contributed by atoms with Crippen molar-refractivity contribution in [2.45, 2.75) is 38.1 Å². The standard InChI is InChI=1S/C14H22N2O3/c1-4-19-12-7-11(14(12)18-3)15-8-10-5-6-13(17-2)16-9-10/h5-6,9,11-12,14-15H,4,7-8H2,1-3H3. The van der Waals surface area contributed by atoms with Crippen LogP contribution in [0.4, 0.5) is 0 Å². The molecule has 0 amide bonds. The molecular formula is C14H22N2O3. The van der Waals surface area contributed by atoms with Gasteiger partial charge in [-0.05, 0) is 18.9 Å². The highest BCUT2D eigenvalue weighted by Crippen LogP contribution is 2.27. The van der Waals surface area contributed by atoms with Crippen molar-refractivity contribution in [3.8, 4) is 5.88 Å². The Labute approximate surface area is 114 Å². The van der Waals surface area contributed by atoms with E-state index in [1.54, 1.807) is 14.2 Å². The second-order valence-electron chi connectivity index (χ2n) is 4.63. The van der Waals surface area contributed by atoms with Crippen LogP contribution in [0, 0.1) is 0 Å². The van der Waals surface area contributed by atoms with Crippen molar-refractivity contribution < 1.29 is 14.2 Å². The van der Waals surface area contributed by atoms with E-state index in [1.807, 2.05) is 25.3 Å². The lowest BCUT2D eigenvalue weighted by Gasteiger charge is -2.43. The van der Waals surface area contributed by atoms with E-state index in [0.29, 0.717) is 11.9 Å². The molecule has 0 bridgehead atoms. The Bertz CT molecular complexity index is 383. The zero-order chi connectivity index (χ0) is 13.7. The molecule has 2 rings (SSSR count). The number of aromatic nitrogens is 1. The Balaban J connectivity index is 1.79. The highest BCUT2D eigenvalue weighted by Gasteiger charge is 2.41. The molecule has 1 saturated carbocycles. The van der Waals surface area contributed by atoms with Gasteiger partial charge in [-0.1, -0.05) is 6.07 Å². The summed E-state index contributed by atoms with van der Waals surface area (Å²) in [5.41, 5.74) is 1.13. The summed E-state index contributed by atoms with van der Waals surface area (Å²) in [7, 11) is 3.35. The molecule has 106 valence electrons.